The first-order valence-corrected chi connectivity index (χ1v) is 2.41. The van der Waals surface area contributed by atoms with Crippen LogP contribution in [-0.2, 0) is 9.47 Å². The van der Waals surface area contributed by atoms with Crippen LogP contribution in [0.3, 0.4) is 0 Å². The van der Waals surface area contributed by atoms with E-state index < -0.39 is 18.9 Å². The molecule has 0 fully saturated rings. The molecule has 1 unspecified atom stereocenters. The molecular formula is C4H4F4O3. The summed E-state index contributed by atoms with van der Waals surface area (Å²) < 4.78 is 51.0. The van der Waals surface area contributed by atoms with Crippen LogP contribution in [0.1, 0.15) is 6.92 Å². The van der Waals surface area contributed by atoms with Crippen molar-refractivity contribution < 1.29 is 31.8 Å². The van der Waals surface area contributed by atoms with Crippen molar-refractivity contribution >= 4 is 6.16 Å². The molecule has 0 aliphatic rings. The topological polar surface area (TPSA) is 35.5 Å². The molecule has 0 radical (unpaired) electrons. The van der Waals surface area contributed by atoms with Gasteiger partial charge in [-0.1, -0.05) is 0 Å². The van der Waals surface area contributed by atoms with Gasteiger partial charge in [0.25, 0.3) is 0 Å². The third-order valence-corrected chi connectivity index (χ3v) is 0.458. The Hall–Kier alpha value is -1.01. The fraction of sp³-hybridized carbons (Fsp3) is 0.750. The number of carbonyl (C=O) groups is 1. The first-order valence-electron chi connectivity index (χ1n) is 2.41. The van der Waals surface area contributed by atoms with Crippen LogP contribution in [0.25, 0.3) is 0 Å². The SMILES string of the molecule is CC(F)OC(=O)OC(F)(F)F. The molecule has 0 N–H and O–H groups in total. The van der Waals surface area contributed by atoms with Crippen molar-refractivity contribution in [1.29, 1.82) is 0 Å². The van der Waals surface area contributed by atoms with E-state index in [2.05, 4.69) is 9.47 Å². The zero-order valence-corrected chi connectivity index (χ0v) is 5.31. The van der Waals surface area contributed by atoms with Gasteiger partial charge in [-0.3, -0.25) is 0 Å². The molecule has 0 aromatic rings. The maximum absolute atomic E-state index is 11.6. The number of halogens is 4. The number of hydrogen-bond acceptors (Lipinski definition) is 3. The van der Waals surface area contributed by atoms with Crippen LogP contribution in [0, 0.1) is 0 Å². The van der Waals surface area contributed by atoms with Gasteiger partial charge in [-0.15, -0.1) is 13.2 Å². The van der Waals surface area contributed by atoms with E-state index in [0.717, 1.165) is 6.92 Å². The minimum absolute atomic E-state index is 0.748. The average molecular weight is 176 g/mol. The first kappa shape index (κ1) is 9.99. The summed E-state index contributed by atoms with van der Waals surface area (Å²) in [7, 11) is 0. The number of rotatable bonds is 1. The summed E-state index contributed by atoms with van der Waals surface area (Å²) in [5.41, 5.74) is 0. The third-order valence-electron chi connectivity index (χ3n) is 0.458. The number of carbonyl (C=O) groups excluding carboxylic acids is 1. The Bertz CT molecular complexity index is 141. The fourth-order valence-electron chi connectivity index (χ4n) is 0.251. The predicted octanol–water partition coefficient (Wildman–Crippen LogP) is 1.97. The predicted molar refractivity (Wildman–Crippen MR) is 24.2 cm³/mol. The van der Waals surface area contributed by atoms with Crippen LogP contribution < -0.4 is 0 Å². The lowest BCUT2D eigenvalue weighted by atomic mass is 10.8. The van der Waals surface area contributed by atoms with E-state index in [9.17, 15) is 22.4 Å². The molecule has 7 heteroatoms. The molecule has 0 rings (SSSR count). The van der Waals surface area contributed by atoms with Crippen LogP contribution in [-0.4, -0.2) is 18.9 Å². The molecule has 0 aliphatic heterocycles. The summed E-state index contributed by atoms with van der Waals surface area (Å²) in [5, 5.41) is 0. The van der Waals surface area contributed by atoms with E-state index >= 15 is 0 Å². The van der Waals surface area contributed by atoms with E-state index in [1.807, 2.05) is 0 Å². The summed E-state index contributed by atoms with van der Waals surface area (Å²) in [4.78, 5) is 9.86. The monoisotopic (exact) mass is 176 g/mol. The maximum atomic E-state index is 11.6. The van der Waals surface area contributed by atoms with Crippen LogP contribution in [0.2, 0.25) is 0 Å². The lowest BCUT2D eigenvalue weighted by Crippen LogP contribution is -2.22. The molecule has 66 valence electrons. The quantitative estimate of drug-likeness (QED) is 0.452. The lowest BCUT2D eigenvalue weighted by molar-refractivity contribution is -0.301. The highest BCUT2D eigenvalue weighted by Gasteiger charge is 2.35. The Morgan fingerprint density at radius 1 is 1.45 bits per heavy atom. The van der Waals surface area contributed by atoms with Gasteiger partial charge in [0.1, 0.15) is 0 Å². The molecule has 0 aromatic carbocycles. The normalized spacial score (nSPS) is 13.9. The Morgan fingerprint density at radius 2 is 1.91 bits per heavy atom. The number of hydrogen-bond donors (Lipinski definition) is 0. The molecule has 1 atom stereocenters. The Balaban J connectivity index is 3.71. The molecule has 11 heavy (non-hydrogen) atoms. The molecule has 0 spiro atoms. The Labute approximate surface area is 58.9 Å². The van der Waals surface area contributed by atoms with Crippen molar-refractivity contribution in [2.45, 2.75) is 19.6 Å². The van der Waals surface area contributed by atoms with Crippen LogP contribution in [0.4, 0.5) is 22.4 Å². The molecule has 0 saturated carbocycles. The highest BCUT2D eigenvalue weighted by molar-refractivity contribution is 5.60. The summed E-state index contributed by atoms with van der Waals surface area (Å²) >= 11 is 0. The van der Waals surface area contributed by atoms with Gasteiger partial charge in [0.05, 0.1) is 0 Å². The highest BCUT2D eigenvalue weighted by atomic mass is 19.4. The minimum atomic E-state index is -5.13. The summed E-state index contributed by atoms with van der Waals surface area (Å²) in [6.45, 7) is 0.748. The van der Waals surface area contributed by atoms with Crippen LogP contribution in [0.15, 0.2) is 0 Å². The molecule has 0 aliphatic carbocycles. The first-order chi connectivity index (χ1) is 4.81. The van der Waals surface area contributed by atoms with Gasteiger partial charge >= 0.3 is 12.5 Å². The molecule has 0 aromatic heterocycles. The second kappa shape index (κ2) is 3.40. The van der Waals surface area contributed by atoms with E-state index in [-0.39, 0.29) is 0 Å². The molecule has 0 heterocycles. The van der Waals surface area contributed by atoms with Crippen molar-refractivity contribution in [3.63, 3.8) is 0 Å². The standard InChI is InChI=1S/C4H4F4O3/c1-2(5)10-3(9)11-4(6,7)8/h2H,1H3. The summed E-state index contributed by atoms with van der Waals surface area (Å²) in [6, 6.07) is 0. The van der Waals surface area contributed by atoms with Crippen molar-refractivity contribution in [3.8, 4) is 0 Å². The largest absolute Gasteiger partial charge is 0.577 e. The minimum Gasteiger partial charge on any atom is -0.400 e. The van der Waals surface area contributed by atoms with Gasteiger partial charge in [-0.05, 0) is 0 Å². The molecular weight excluding hydrogens is 172 g/mol. The van der Waals surface area contributed by atoms with Gasteiger partial charge < -0.3 is 9.47 Å². The molecule has 3 nitrogen and oxygen atoms in total. The Morgan fingerprint density at radius 3 is 2.18 bits per heavy atom. The van der Waals surface area contributed by atoms with Gasteiger partial charge in [-0.2, -0.15) is 0 Å². The van der Waals surface area contributed by atoms with E-state index in [4.69, 9.17) is 0 Å². The van der Waals surface area contributed by atoms with Crippen molar-refractivity contribution in [2.24, 2.45) is 0 Å². The lowest BCUT2D eigenvalue weighted by Gasteiger charge is -2.07. The second-order valence-corrected chi connectivity index (χ2v) is 1.46. The smallest absolute Gasteiger partial charge is 0.400 e. The van der Waals surface area contributed by atoms with Crippen molar-refractivity contribution in [3.05, 3.63) is 0 Å². The van der Waals surface area contributed by atoms with E-state index in [1.165, 1.54) is 0 Å². The molecule has 0 saturated heterocycles. The summed E-state index contributed by atoms with van der Waals surface area (Å²) in [6.07, 6.45) is -9.36. The van der Waals surface area contributed by atoms with Gasteiger partial charge in [0.15, 0.2) is 0 Å². The zero-order chi connectivity index (χ0) is 9.07. The second-order valence-electron chi connectivity index (χ2n) is 1.46. The number of alkyl halides is 4. The van der Waals surface area contributed by atoms with E-state index in [1.54, 1.807) is 0 Å². The molecule has 0 bridgehead atoms. The maximum Gasteiger partial charge on any atom is 0.577 e. The zero-order valence-electron chi connectivity index (χ0n) is 5.31. The van der Waals surface area contributed by atoms with Gasteiger partial charge in [0, 0.05) is 6.92 Å². The van der Waals surface area contributed by atoms with Gasteiger partial charge in [-0.25, -0.2) is 9.18 Å². The number of ether oxygens (including phenoxy) is 2. The van der Waals surface area contributed by atoms with Crippen molar-refractivity contribution in [2.75, 3.05) is 0 Å². The molecule has 0 amide bonds. The van der Waals surface area contributed by atoms with Crippen molar-refractivity contribution in [1.82, 2.24) is 0 Å². The van der Waals surface area contributed by atoms with Gasteiger partial charge in [0.2, 0.25) is 6.36 Å². The summed E-state index contributed by atoms with van der Waals surface area (Å²) in [5.74, 6) is 0. The van der Waals surface area contributed by atoms with E-state index in [0.29, 0.717) is 0 Å². The Kier molecular flexibility index (Phi) is 3.09. The fourth-order valence-corrected chi connectivity index (χ4v) is 0.251. The highest BCUT2D eigenvalue weighted by Crippen LogP contribution is 2.17. The average Bonchev–Trinajstić information content (AvgIpc) is 1.53. The third kappa shape index (κ3) is 6.88. The van der Waals surface area contributed by atoms with Crippen LogP contribution >= 0.6 is 0 Å². The van der Waals surface area contributed by atoms with Crippen LogP contribution in [0.5, 0.6) is 0 Å².